The van der Waals surface area contributed by atoms with E-state index in [2.05, 4.69) is 16.1 Å². The predicted octanol–water partition coefficient (Wildman–Crippen LogP) is 1.86. The van der Waals surface area contributed by atoms with Gasteiger partial charge in [0.1, 0.15) is 0 Å². The van der Waals surface area contributed by atoms with Gasteiger partial charge in [-0.1, -0.05) is 6.08 Å². The molecule has 0 spiro atoms. The molecule has 0 aromatic rings. The summed E-state index contributed by atoms with van der Waals surface area (Å²) < 4.78 is 72.8. The summed E-state index contributed by atoms with van der Waals surface area (Å²) in [6, 6.07) is 0. The molecule has 1 N–H and O–H groups in total. The molecule has 1 fully saturated rings. The number of hydrogen-bond donors (Lipinski definition) is 1. The van der Waals surface area contributed by atoms with Crippen LogP contribution in [-0.2, 0) is 9.47 Å². The zero-order chi connectivity index (χ0) is 13.5. The van der Waals surface area contributed by atoms with Crippen LogP contribution in [0.2, 0.25) is 0 Å². The minimum atomic E-state index is -5.62. The summed E-state index contributed by atoms with van der Waals surface area (Å²) in [6.07, 6.45) is -4.52. The topological polar surface area (TPSA) is 38.7 Å². The second-order valence-corrected chi connectivity index (χ2v) is 3.84. The van der Waals surface area contributed by atoms with Crippen molar-refractivity contribution in [3.8, 4) is 0 Å². The number of aliphatic hydroxyl groups is 1. The fourth-order valence-corrected chi connectivity index (χ4v) is 1.42. The molecule has 0 aromatic carbocycles. The molecule has 1 saturated heterocycles. The van der Waals surface area contributed by atoms with Crippen LogP contribution in [0.1, 0.15) is 6.92 Å². The molecule has 2 unspecified atom stereocenters. The minimum absolute atomic E-state index is 0.386. The molecule has 1 aliphatic rings. The maximum atomic E-state index is 13.6. The first-order chi connectivity index (χ1) is 7.52. The number of rotatable bonds is 3. The van der Waals surface area contributed by atoms with Crippen LogP contribution in [0.4, 0.5) is 22.0 Å². The van der Waals surface area contributed by atoms with Crippen LogP contribution in [0, 0.1) is 0 Å². The fourth-order valence-electron chi connectivity index (χ4n) is 1.42. The predicted molar refractivity (Wildman–Crippen MR) is 46.5 cm³/mol. The Morgan fingerprint density at radius 1 is 1.47 bits per heavy atom. The number of hydrogen-bond acceptors (Lipinski definition) is 3. The van der Waals surface area contributed by atoms with Gasteiger partial charge >= 0.3 is 17.9 Å². The van der Waals surface area contributed by atoms with Crippen LogP contribution in [0.3, 0.4) is 0 Å². The molecule has 100 valence electrons. The lowest BCUT2D eigenvalue weighted by atomic mass is 9.94. The van der Waals surface area contributed by atoms with Gasteiger partial charge in [-0.15, -0.1) is 6.58 Å². The molecule has 0 aliphatic carbocycles. The van der Waals surface area contributed by atoms with Crippen molar-refractivity contribution in [1.82, 2.24) is 0 Å². The quantitative estimate of drug-likeness (QED) is 0.623. The number of ether oxygens (including phenoxy) is 2. The van der Waals surface area contributed by atoms with E-state index >= 15 is 0 Å². The van der Waals surface area contributed by atoms with Gasteiger partial charge in [0.05, 0.1) is 13.2 Å². The van der Waals surface area contributed by atoms with E-state index in [1.165, 1.54) is 0 Å². The molecule has 1 aliphatic heterocycles. The fraction of sp³-hybridized carbons (Fsp3) is 0.778. The molecule has 0 amide bonds. The summed E-state index contributed by atoms with van der Waals surface area (Å²) in [5, 5.41) is 8.99. The molecular formula is C9H11F5O3. The van der Waals surface area contributed by atoms with E-state index in [0.29, 0.717) is 0 Å². The monoisotopic (exact) mass is 262 g/mol. The van der Waals surface area contributed by atoms with Crippen molar-refractivity contribution >= 4 is 0 Å². The van der Waals surface area contributed by atoms with Gasteiger partial charge in [-0.05, 0) is 6.92 Å². The van der Waals surface area contributed by atoms with Gasteiger partial charge < -0.3 is 14.6 Å². The van der Waals surface area contributed by atoms with E-state index < -0.39 is 30.1 Å². The van der Waals surface area contributed by atoms with Crippen molar-refractivity contribution in [2.24, 2.45) is 0 Å². The molecule has 8 heteroatoms. The normalized spacial score (nSPS) is 37.1. The van der Waals surface area contributed by atoms with E-state index in [1.54, 1.807) is 0 Å². The highest BCUT2D eigenvalue weighted by atomic mass is 19.4. The van der Waals surface area contributed by atoms with Crippen molar-refractivity contribution in [2.45, 2.75) is 30.4 Å². The van der Waals surface area contributed by atoms with E-state index in [-0.39, 0.29) is 6.61 Å². The molecule has 17 heavy (non-hydrogen) atoms. The Morgan fingerprint density at radius 3 is 2.35 bits per heavy atom. The molecule has 2 atom stereocenters. The Labute approximate surface area is 93.8 Å². The van der Waals surface area contributed by atoms with Crippen LogP contribution in [0.15, 0.2) is 12.7 Å². The maximum absolute atomic E-state index is 13.6. The third kappa shape index (κ3) is 1.84. The maximum Gasteiger partial charge on any atom is 0.449 e. The molecule has 0 radical (unpaired) electrons. The van der Waals surface area contributed by atoms with Crippen LogP contribution in [0.5, 0.6) is 0 Å². The Kier molecular flexibility index (Phi) is 3.28. The molecule has 0 bridgehead atoms. The summed E-state index contributed by atoms with van der Waals surface area (Å²) in [6.45, 7) is 2.46. The van der Waals surface area contributed by atoms with Crippen LogP contribution >= 0.6 is 0 Å². The molecule has 3 nitrogen and oxygen atoms in total. The summed E-state index contributed by atoms with van der Waals surface area (Å²) in [5.74, 6) is -9.16. The molecule has 1 heterocycles. The highest BCUT2D eigenvalue weighted by Gasteiger charge is 2.81. The van der Waals surface area contributed by atoms with E-state index in [4.69, 9.17) is 5.11 Å². The largest absolute Gasteiger partial charge is 0.449 e. The van der Waals surface area contributed by atoms with Crippen molar-refractivity contribution in [3.63, 3.8) is 0 Å². The van der Waals surface area contributed by atoms with E-state index in [0.717, 1.165) is 13.0 Å². The SMILES string of the molecule is C=CCOC1(C)COC(O)(C(F)(F)F)C1(F)F. The second-order valence-electron chi connectivity index (χ2n) is 3.84. The summed E-state index contributed by atoms with van der Waals surface area (Å²) in [7, 11) is 0. The van der Waals surface area contributed by atoms with Gasteiger partial charge in [-0.25, -0.2) is 0 Å². The first-order valence-corrected chi connectivity index (χ1v) is 4.57. The second kappa shape index (κ2) is 3.89. The van der Waals surface area contributed by atoms with Gasteiger partial charge in [0.2, 0.25) is 0 Å². The lowest BCUT2D eigenvalue weighted by Gasteiger charge is -2.35. The Hall–Kier alpha value is -0.730. The van der Waals surface area contributed by atoms with Crippen molar-refractivity contribution in [3.05, 3.63) is 12.7 Å². The van der Waals surface area contributed by atoms with Crippen LogP contribution < -0.4 is 0 Å². The van der Waals surface area contributed by atoms with Crippen LogP contribution in [-0.4, -0.2) is 41.8 Å². The number of halogens is 5. The Morgan fingerprint density at radius 2 is 2.00 bits per heavy atom. The molecular weight excluding hydrogens is 251 g/mol. The number of alkyl halides is 5. The van der Waals surface area contributed by atoms with Crippen LogP contribution in [0.25, 0.3) is 0 Å². The van der Waals surface area contributed by atoms with Crippen molar-refractivity contribution in [1.29, 1.82) is 0 Å². The minimum Gasteiger partial charge on any atom is -0.362 e. The average molecular weight is 262 g/mol. The Bertz CT molecular complexity index is 316. The first-order valence-electron chi connectivity index (χ1n) is 4.57. The van der Waals surface area contributed by atoms with Gasteiger partial charge in [-0.3, -0.25) is 0 Å². The standard InChI is InChI=1S/C9H11F5O3/c1-3-4-16-6(2)5-17-8(15,7(6,10)11)9(12,13)14/h3,15H,1,4-5H2,2H3. The zero-order valence-corrected chi connectivity index (χ0v) is 8.85. The van der Waals surface area contributed by atoms with Gasteiger partial charge in [-0.2, -0.15) is 22.0 Å². The highest BCUT2D eigenvalue weighted by molar-refractivity contribution is 5.09. The zero-order valence-electron chi connectivity index (χ0n) is 8.85. The lowest BCUT2D eigenvalue weighted by molar-refractivity contribution is -0.410. The van der Waals surface area contributed by atoms with Crippen molar-refractivity contribution in [2.75, 3.05) is 13.2 Å². The summed E-state index contributed by atoms with van der Waals surface area (Å²) >= 11 is 0. The lowest BCUT2D eigenvalue weighted by Crippen LogP contribution is -2.63. The first kappa shape index (κ1) is 14.3. The molecule has 0 aromatic heterocycles. The van der Waals surface area contributed by atoms with E-state index in [9.17, 15) is 22.0 Å². The van der Waals surface area contributed by atoms with E-state index in [1.807, 2.05) is 0 Å². The smallest absolute Gasteiger partial charge is 0.362 e. The third-order valence-corrected chi connectivity index (χ3v) is 2.55. The van der Waals surface area contributed by atoms with Crippen molar-refractivity contribution < 1.29 is 36.5 Å². The summed E-state index contributed by atoms with van der Waals surface area (Å²) in [5.41, 5.74) is -2.56. The Balaban J connectivity index is 3.08. The average Bonchev–Trinajstić information content (AvgIpc) is 2.37. The van der Waals surface area contributed by atoms with Gasteiger partial charge in [0.25, 0.3) is 0 Å². The molecule has 1 rings (SSSR count). The van der Waals surface area contributed by atoms with Gasteiger partial charge in [0.15, 0.2) is 5.60 Å². The van der Waals surface area contributed by atoms with Gasteiger partial charge in [0, 0.05) is 0 Å². The summed E-state index contributed by atoms with van der Waals surface area (Å²) in [4.78, 5) is 0. The molecule has 0 saturated carbocycles. The third-order valence-electron chi connectivity index (χ3n) is 2.55. The highest BCUT2D eigenvalue weighted by Crippen LogP contribution is 2.54.